The van der Waals surface area contributed by atoms with Crippen molar-refractivity contribution in [1.82, 2.24) is 4.90 Å². The van der Waals surface area contributed by atoms with E-state index in [0.29, 0.717) is 50.3 Å². The number of nitrogens with one attached hydrogen (secondary N) is 1. The van der Waals surface area contributed by atoms with Gasteiger partial charge in [0.25, 0.3) is 0 Å². The lowest BCUT2D eigenvalue weighted by atomic mass is 9.71. The van der Waals surface area contributed by atoms with Crippen LogP contribution in [0.3, 0.4) is 0 Å². The molecule has 5 nitrogen and oxygen atoms in total. The normalized spacial score (nSPS) is 27.2. The topological polar surface area (TPSA) is 58.6 Å². The van der Waals surface area contributed by atoms with Crippen LogP contribution in [-0.2, 0) is 19.7 Å². The van der Waals surface area contributed by atoms with Crippen LogP contribution in [0.4, 0.5) is 5.69 Å². The third-order valence-corrected chi connectivity index (χ3v) is 10.2. The van der Waals surface area contributed by atoms with E-state index < -0.39 is 5.41 Å². The number of hydrogen-bond acceptors (Lipinski definition) is 4. The number of nitrogens with zero attached hydrogens (tertiary/aromatic N) is 1. The van der Waals surface area contributed by atoms with Crippen LogP contribution in [0.2, 0.25) is 0 Å². The van der Waals surface area contributed by atoms with Crippen molar-refractivity contribution in [2.45, 2.75) is 68.4 Å². The number of benzene rings is 3. The van der Waals surface area contributed by atoms with Crippen LogP contribution < -0.4 is 5.32 Å². The van der Waals surface area contributed by atoms with Crippen LogP contribution in [0.15, 0.2) is 72.8 Å². The maximum atomic E-state index is 13.4. The van der Waals surface area contributed by atoms with Gasteiger partial charge in [0.15, 0.2) is 0 Å². The molecule has 1 N–H and O–H groups in total. The Balaban J connectivity index is 0.00000289. The average Bonchev–Trinajstić information content (AvgIpc) is 3.37. The van der Waals surface area contributed by atoms with Crippen LogP contribution in [0, 0.1) is 5.92 Å². The molecule has 5 aliphatic rings. The average molecular weight is 557 g/mol. The Morgan fingerprint density at radius 1 is 0.850 bits per heavy atom. The van der Waals surface area contributed by atoms with Crippen molar-refractivity contribution >= 4 is 30.0 Å². The van der Waals surface area contributed by atoms with Gasteiger partial charge in [-0.15, -0.1) is 12.4 Å². The summed E-state index contributed by atoms with van der Waals surface area (Å²) in [5.41, 5.74) is 6.55. The summed E-state index contributed by atoms with van der Waals surface area (Å²) >= 11 is 0. The van der Waals surface area contributed by atoms with E-state index in [2.05, 4.69) is 77.9 Å². The highest BCUT2D eigenvalue weighted by Gasteiger charge is 2.47. The smallest absolute Gasteiger partial charge is 0.305 e. The molecule has 4 heterocycles. The first kappa shape index (κ1) is 27.0. The molecule has 0 saturated carbocycles. The number of esters is 1. The first-order chi connectivity index (χ1) is 19.0. The Bertz CT molecular complexity index is 1380. The minimum Gasteiger partial charge on any atom is -0.465 e. The van der Waals surface area contributed by atoms with Gasteiger partial charge in [-0.2, -0.15) is 0 Å². The van der Waals surface area contributed by atoms with Crippen molar-refractivity contribution in [3.8, 4) is 11.1 Å². The Morgan fingerprint density at radius 2 is 1.50 bits per heavy atom. The number of piperidine rings is 1. The van der Waals surface area contributed by atoms with E-state index in [4.69, 9.17) is 4.74 Å². The molecule has 2 fully saturated rings. The SMILES string of the molecule is CN1[C@H]2CC[C@@H]1[C@H]1COC(=O)CCC3(CCC(=O)Nc4ccc(cc4)[C@H]1C2)c1ccccc1-c1ccccc13.Cl. The number of hydrogen-bond donors (Lipinski definition) is 1. The molecule has 1 amide bonds. The molecule has 208 valence electrons. The van der Waals surface area contributed by atoms with Gasteiger partial charge in [-0.05, 0) is 85.0 Å². The van der Waals surface area contributed by atoms with Crippen molar-refractivity contribution in [3.05, 3.63) is 89.5 Å². The van der Waals surface area contributed by atoms with Gasteiger partial charge in [-0.3, -0.25) is 9.59 Å². The summed E-state index contributed by atoms with van der Waals surface area (Å²) in [5.74, 6) is 0.496. The van der Waals surface area contributed by atoms with Crippen molar-refractivity contribution in [2.75, 3.05) is 19.0 Å². The quantitative estimate of drug-likeness (QED) is 0.313. The Kier molecular flexibility index (Phi) is 7.22. The molecule has 4 atom stereocenters. The zero-order valence-electron chi connectivity index (χ0n) is 23.0. The van der Waals surface area contributed by atoms with Crippen LogP contribution in [0.1, 0.15) is 67.6 Å². The molecule has 0 unspecified atom stereocenters. The zero-order chi connectivity index (χ0) is 26.6. The lowest BCUT2D eigenvalue weighted by molar-refractivity contribution is -0.146. The monoisotopic (exact) mass is 556 g/mol. The molecule has 40 heavy (non-hydrogen) atoms. The van der Waals surface area contributed by atoms with Gasteiger partial charge in [-0.1, -0.05) is 60.7 Å². The molecule has 2 saturated heterocycles. The van der Waals surface area contributed by atoms with Gasteiger partial charge < -0.3 is 15.0 Å². The predicted octanol–water partition coefficient (Wildman–Crippen LogP) is 6.70. The highest BCUT2D eigenvalue weighted by molar-refractivity contribution is 5.91. The van der Waals surface area contributed by atoms with Crippen LogP contribution in [0.25, 0.3) is 11.1 Å². The second kappa shape index (κ2) is 10.7. The van der Waals surface area contributed by atoms with Crippen molar-refractivity contribution < 1.29 is 14.3 Å². The summed E-state index contributed by atoms with van der Waals surface area (Å²) in [6.45, 7) is 0.462. The van der Waals surface area contributed by atoms with Crippen LogP contribution in [-0.4, -0.2) is 42.5 Å². The van der Waals surface area contributed by atoms with E-state index >= 15 is 0 Å². The number of ether oxygens (including phenoxy) is 1. The third kappa shape index (κ3) is 4.44. The largest absolute Gasteiger partial charge is 0.465 e. The minimum absolute atomic E-state index is 0. The maximum absolute atomic E-state index is 13.4. The summed E-state index contributed by atoms with van der Waals surface area (Å²) in [4.78, 5) is 29.1. The van der Waals surface area contributed by atoms with Crippen LogP contribution in [0.5, 0.6) is 0 Å². The van der Waals surface area contributed by atoms with Gasteiger partial charge >= 0.3 is 5.97 Å². The highest BCUT2D eigenvalue weighted by atomic mass is 35.5. The summed E-state index contributed by atoms with van der Waals surface area (Å²) < 4.78 is 6.11. The Labute approximate surface area is 242 Å². The summed E-state index contributed by atoms with van der Waals surface area (Å²) in [6, 6.07) is 26.4. The van der Waals surface area contributed by atoms with E-state index in [0.717, 1.165) is 18.5 Å². The third-order valence-electron chi connectivity index (χ3n) is 10.2. The first-order valence-electron chi connectivity index (χ1n) is 14.5. The fourth-order valence-corrected chi connectivity index (χ4v) is 8.21. The van der Waals surface area contributed by atoms with Crippen molar-refractivity contribution in [3.63, 3.8) is 0 Å². The van der Waals surface area contributed by atoms with Gasteiger partial charge in [0.1, 0.15) is 0 Å². The number of anilines is 1. The number of rotatable bonds is 0. The zero-order valence-corrected chi connectivity index (χ0v) is 23.8. The summed E-state index contributed by atoms with van der Waals surface area (Å²) in [6.07, 6.45) is 5.41. The van der Waals surface area contributed by atoms with Crippen molar-refractivity contribution in [2.24, 2.45) is 5.92 Å². The first-order valence-corrected chi connectivity index (χ1v) is 14.5. The number of amides is 1. The molecule has 0 aromatic heterocycles. The number of carbonyl (C=O) groups excluding carboxylic acids is 2. The van der Waals surface area contributed by atoms with Gasteiger partial charge in [0, 0.05) is 41.9 Å². The van der Waals surface area contributed by atoms with E-state index in [-0.39, 0.29) is 30.2 Å². The molecule has 6 heteroatoms. The molecule has 3 aromatic rings. The van der Waals surface area contributed by atoms with E-state index in [1.54, 1.807) is 0 Å². The molecule has 3 aromatic carbocycles. The second-order valence-electron chi connectivity index (χ2n) is 12.0. The number of halogens is 1. The molecule has 1 aliphatic carbocycles. The fraction of sp³-hybridized carbons (Fsp3) is 0.412. The lowest BCUT2D eigenvalue weighted by Crippen LogP contribution is -2.47. The molecule has 4 bridgehead atoms. The summed E-state index contributed by atoms with van der Waals surface area (Å²) in [7, 11) is 2.23. The van der Waals surface area contributed by atoms with E-state index in [9.17, 15) is 9.59 Å². The Hall–Kier alpha value is -3.15. The summed E-state index contributed by atoms with van der Waals surface area (Å²) in [5, 5.41) is 3.15. The van der Waals surface area contributed by atoms with Crippen LogP contribution >= 0.6 is 12.4 Å². The van der Waals surface area contributed by atoms with E-state index in [1.807, 2.05) is 12.1 Å². The number of fused-ring (bicyclic) bond motifs is 14. The minimum atomic E-state index is -0.406. The molecular formula is C34H37ClN2O3. The highest BCUT2D eigenvalue weighted by Crippen LogP contribution is 2.54. The van der Waals surface area contributed by atoms with Gasteiger partial charge in [0.05, 0.1) is 6.61 Å². The van der Waals surface area contributed by atoms with E-state index in [1.165, 1.54) is 34.2 Å². The lowest BCUT2D eigenvalue weighted by Gasteiger charge is -2.43. The molecular weight excluding hydrogens is 520 g/mol. The standard InChI is InChI=1S/C34H36N2O3.ClH/c1-36-24-14-15-31(36)28-21-39-33(38)17-19-34(29-8-4-2-6-25(29)26-7-3-5-9-30(26)34)18-16-32(37)35-23-12-10-22(11-13-23)27(28)20-24;/h2-13,24,27-28,31H,14-21H2,1H3,(H,35,37);1H/t24-,27+,28-,31+;/m0./s1. The maximum Gasteiger partial charge on any atom is 0.305 e. The van der Waals surface area contributed by atoms with Gasteiger partial charge in [0.2, 0.25) is 5.91 Å². The number of carbonyl (C=O) groups is 2. The second-order valence-corrected chi connectivity index (χ2v) is 12.0. The van der Waals surface area contributed by atoms with Gasteiger partial charge in [-0.25, -0.2) is 0 Å². The predicted molar refractivity (Wildman–Crippen MR) is 160 cm³/mol. The fourth-order valence-electron chi connectivity index (χ4n) is 8.21. The Morgan fingerprint density at radius 3 is 2.20 bits per heavy atom. The molecule has 8 rings (SSSR count). The molecule has 0 radical (unpaired) electrons. The molecule has 4 aliphatic heterocycles. The molecule has 1 spiro atoms. The van der Waals surface area contributed by atoms with Crippen molar-refractivity contribution in [1.29, 1.82) is 0 Å².